The van der Waals surface area contributed by atoms with Gasteiger partial charge in [-0.2, -0.15) is 0 Å². The van der Waals surface area contributed by atoms with Crippen LogP contribution in [0, 0.1) is 17.0 Å². The maximum atomic E-state index is 12.6. The Bertz CT molecular complexity index is 1040. The third-order valence-corrected chi connectivity index (χ3v) is 5.31. The second-order valence-electron chi connectivity index (χ2n) is 6.47. The second kappa shape index (κ2) is 8.83. The van der Waals surface area contributed by atoms with E-state index in [4.69, 9.17) is 4.74 Å². The van der Waals surface area contributed by atoms with E-state index in [-0.39, 0.29) is 17.0 Å². The van der Waals surface area contributed by atoms with Gasteiger partial charge in [0.15, 0.2) is 10.9 Å². The average Bonchev–Trinajstić information content (AvgIpc) is 3.08. The number of benzene rings is 2. The highest BCUT2D eigenvalue weighted by Crippen LogP contribution is 2.32. The van der Waals surface area contributed by atoms with Crippen molar-refractivity contribution in [1.29, 1.82) is 0 Å². The first-order valence-electron chi connectivity index (χ1n) is 9.13. The molecule has 1 amide bonds. The highest BCUT2D eigenvalue weighted by atomic mass is 32.1. The van der Waals surface area contributed by atoms with Gasteiger partial charge in [0.1, 0.15) is 0 Å². The van der Waals surface area contributed by atoms with E-state index in [0.29, 0.717) is 5.13 Å². The van der Waals surface area contributed by atoms with E-state index in [1.54, 1.807) is 0 Å². The average molecular weight is 411 g/mol. The molecule has 1 N–H and O–H groups in total. The number of aryl methyl sites for hydroxylation is 2. The Labute approximate surface area is 172 Å². The molecule has 0 radical (unpaired) electrons. The van der Waals surface area contributed by atoms with Crippen LogP contribution in [0.1, 0.15) is 34.1 Å². The Morgan fingerprint density at radius 3 is 2.59 bits per heavy atom. The summed E-state index contributed by atoms with van der Waals surface area (Å²) in [6.07, 6.45) is 2.13. The van der Waals surface area contributed by atoms with Crippen molar-refractivity contribution in [1.82, 2.24) is 4.98 Å². The molecule has 1 aromatic heterocycles. The Hall–Kier alpha value is -3.26. The van der Waals surface area contributed by atoms with E-state index in [1.165, 1.54) is 42.2 Å². The first kappa shape index (κ1) is 20.5. The van der Waals surface area contributed by atoms with E-state index in [1.807, 2.05) is 19.1 Å². The highest BCUT2D eigenvalue weighted by Gasteiger charge is 2.19. The number of carbonyl (C=O) groups is 1. The maximum Gasteiger partial charge on any atom is 0.311 e. The lowest BCUT2D eigenvalue weighted by Crippen LogP contribution is -2.12. The number of nitrogens with one attached hydrogen (secondary N) is 1. The zero-order valence-corrected chi connectivity index (χ0v) is 17.2. The summed E-state index contributed by atoms with van der Waals surface area (Å²) in [5.74, 6) is -0.361. The summed E-state index contributed by atoms with van der Waals surface area (Å²) >= 11 is 1.36. The molecule has 0 bridgehead atoms. The van der Waals surface area contributed by atoms with Gasteiger partial charge >= 0.3 is 5.69 Å². The fraction of sp³-hybridized carbons (Fsp3) is 0.238. The van der Waals surface area contributed by atoms with Gasteiger partial charge < -0.3 is 4.74 Å². The first-order chi connectivity index (χ1) is 13.9. The molecule has 0 fully saturated rings. The Balaban J connectivity index is 1.81. The third kappa shape index (κ3) is 4.60. The number of carbonyl (C=O) groups excluding carboxylic acids is 1. The number of anilines is 1. The molecule has 150 valence electrons. The number of amides is 1. The lowest BCUT2D eigenvalue weighted by Gasteiger charge is -2.05. The summed E-state index contributed by atoms with van der Waals surface area (Å²) in [6, 6.07) is 12.3. The van der Waals surface area contributed by atoms with E-state index in [2.05, 4.69) is 29.4 Å². The van der Waals surface area contributed by atoms with Crippen LogP contribution in [0.3, 0.4) is 0 Å². The number of methoxy groups -OCH3 is 1. The smallest absolute Gasteiger partial charge is 0.311 e. The van der Waals surface area contributed by atoms with Crippen molar-refractivity contribution in [3.8, 4) is 17.0 Å². The van der Waals surface area contributed by atoms with Crippen molar-refractivity contribution >= 4 is 28.1 Å². The quantitative estimate of drug-likeness (QED) is 0.424. The van der Waals surface area contributed by atoms with Crippen molar-refractivity contribution in [2.45, 2.75) is 26.7 Å². The molecule has 0 spiro atoms. The molecular weight excluding hydrogens is 390 g/mol. The first-order valence-corrected chi connectivity index (χ1v) is 9.95. The van der Waals surface area contributed by atoms with Gasteiger partial charge in [-0.25, -0.2) is 4.98 Å². The lowest BCUT2D eigenvalue weighted by molar-refractivity contribution is -0.385. The molecule has 29 heavy (non-hydrogen) atoms. The predicted octanol–water partition coefficient (Wildman–Crippen LogP) is 5.24. The second-order valence-corrected chi connectivity index (χ2v) is 7.67. The topological polar surface area (TPSA) is 94.4 Å². The molecule has 0 saturated heterocycles. The van der Waals surface area contributed by atoms with E-state index in [0.717, 1.165) is 29.0 Å². The van der Waals surface area contributed by atoms with Crippen LogP contribution in [-0.4, -0.2) is 22.9 Å². The van der Waals surface area contributed by atoms with Gasteiger partial charge in [0, 0.05) is 22.1 Å². The van der Waals surface area contributed by atoms with Crippen LogP contribution in [0.15, 0.2) is 42.5 Å². The van der Waals surface area contributed by atoms with Crippen molar-refractivity contribution < 1.29 is 14.5 Å². The molecule has 3 aromatic rings. The normalized spacial score (nSPS) is 10.6. The Morgan fingerprint density at radius 2 is 1.97 bits per heavy atom. The maximum absolute atomic E-state index is 12.6. The van der Waals surface area contributed by atoms with Gasteiger partial charge in [-0.05, 0) is 31.0 Å². The number of hydrogen-bond acceptors (Lipinski definition) is 6. The molecule has 0 atom stereocenters. The minimum Gasteiger partial charge on any atom is -0.490 e. The number of rotatable bonds is 7. The van der Waals surface area contributed by atoms with Gasteiger partial charge in [-0.15, -0.1) is 11.3 Å². The van der Waals surface area contributed by atoms with Crippen LogP contribution < -0.4 is 10.1 Å². The summed E-state index contributed by atoms with van der Waals surface area (Å²) in [5, 5.41) is 14.3. The van der Waals surface area contributed by atoms with Gasteiger partial charge in [0.05, 0.1) is 17.7 Å². The van der Waals surface area contributed by atoms with Crippen molar-refractivity contribution in [3.63, 3.8) is 0 Å². The number of hydrogen-bond donors (Lipinski definition) is 1. The van der Waals surface area contributed by atoms with Crippen molar-refractivity contribution in [2.24, 2.45) is 0 Å². The number of aromatic nitrogens is 1. The molecule has 0 aliphatic rings. The van der Waals surface area contributed by atoms with Crippen LogP contribution in [0.5, 0.6) is 5.75 Å². The minimum absolute atomic E-state index is 0.102. The minimum atomic E-state index is -0.580. The lowest BCUT2D eigenvalue weighted by atomic mass is 10.1. The molecule has 0 saturated carbocycles. The van der Waals surface area contributed by atoms with Crippen LogP contribution in [0.4, 0.5) is 10.8 Å². The summed E-state index contributed by atoms with van der Waals surface area (Å²) in [7, 11) is 1.34. The highest BCUT2D eigenvalue weighted by molar-refractivity contribution is 7.16. The zero-order valence-electron chi connectivity index (χ0n) is 16.4. The van der Waals surface area contributed by atoms with Gasteiger partial charge in [-0.3, -0.25) is 20.2 Å². The van der Waals surface area contributed by atoms with E-state index >= 15 is 0 Å². The molecule has 0 aliphatic carbocycles. The number of thiazole rings is 1. The van der Waals surface area contributed by atoms with Crippen LogP contribution in [-0.2, 0) is 6.42 Å². The van der Waals surface area contributed by atoms with Crippen molar-refractivity contribution in [3.05, 3.63) is 68.6 Å². The van der Waals surface area contributed by atoms with E-state index < -0.39 is 10.8 Å². The van der Waals surface area contributed by atoms with Crippen LogP contribution >= 0.6 is 11.3 Å². The molecule has 7 nitrogen and oxygen atoms in total. The zero-order chi connectivity index (χ0) is 21.0. The summed E-state index contributed by atoms with van der Waals surface area (Å²) in [5.41, 5.74) is 2.98. The number of nitro benzene ring substituents is 1. The van der Waals surface area contributed by atoms with Gasteiger partial charge in [0.2, 0.25) is 0 Å². The van der Waals surface area contributed by atoms with Gasteiger partial charge in [-0.1, -0.05) is 37.6 Å². The van der Waals surface area contributed by atoms with Crippen molar-refractivity contribution in [2.75, 3.05) is 12.4 Å². The standard InChI is InChI=1S/C21H21N3O4S/c1-4-5-14-6-8-15(9-7-14)19-13(2)29-21(22-19)23-20(25)16-10-11-18(28-3)17(12-16)24(26)27/h6-12H,4-5H2,1-3H3,(H,22,23,25). The SMILES string of the molecule is CCCc1ccc(-c2nc(NC(=O)c3ccc(OC)c([N+](=O)[O-])c3)sc2C)cc1. The monoisotopic (exact) mass is 411 g/mol. The number of nitro groups is 1. The molecule has 0 unspecified atom stereocenters. The molecule has 1 heterocycles. The van der Waals surface area contributed by atoms with E-state index in [9.17, 15) is 14.9 Å². The van der Waals surface area contributed by atoms with Crippen LogP contribution in [0.2, 0.25) is 0 Å². The largest absolute Gasteiger partial charge is 0.490 e. The predicted molar refractivity (Wildman–Crippen MR) is 114 cm³/mol. The number of ether oxygens (including phenoxy) is 1. The Kier molecular flexibility index (Phi) is 6.23. The molecule has 8 heteroatoms. The molecule has 2 aromatic carbocycles. The summed E-state index contributed by atoms with van der Waals surface area (Å²) < 4.78 is 4.97. The van der Waals surface area contributed by atoms with Gasteiger partial charge in [0.25, 0.3) is 5.91 Å². The fourth-order valence-corrected chi connectivity index (χ4v) is 3.81. The number of nitrogens with zero attached hydrogens (tertiary/aromatic N) is 2. The molecule has 0 aliphatic heterocycles. The Morgan fingerprint density at radius 1 is 1.24 bits per heavy atom. The summed E-state index contributed by atoms with van der Waals surface area (Å²) in [6.45, 7) is 4.09. The fourth-order valence-electron chi connectivity index (χ4n) is 2.98. The third-order valence-electron chi connectivity index (χ3n) is 4.42. The summed E-state index contributed by atoms with van der Waals surface area (Å²) in [4.78, 5) is 28.7. The molecular formula is C21H21N3O4S. The van der Waals surface area contributed by atoms with Crippen LogP contribution in [0.25, 0.3) is 11.3 Å². The molecule has 3 rings (SSSR count).